The molecule has 1 N–H and O–H groups in total. The Morgan fingerprint density at radius 1 is 1.41 bits per heavy atom. The molecule has 1 aliphatic carbocycles. The quantitative estimate of drug-likeness (QED) is 0.866. The standard InChI is InChI=1S/C12H13F2NO2/c13-12(14)4-1-9(11(16)17)10(7-12)8-2-5-15-6-3-8/h2-3,5-6,9-10H,1,4,7H2,(H,16,17)/t9-,10+/m0/s1. The van der Waals surface area contributed by atoms with Gasteiger partial charge in [0.25, 0.3) is 0 Å². The third-order valence-electron chi connectivity index (χ3n) is 3.28. The molecule has 1 aromatic rings. The molecule has 0 radical (unpaired) electrons. The van der Waals surface area contributed by atoms with Crippen LogP contribution in [0.2, 0.25) is 0 Å². The average Bonchev–Trinajstić information content (AvgIpc) is 2.28. The Kier molecular flexibility index (Phi) is 3.09. The van der Waals surface area contributed by atoms with Crippen molar-refractivity contribution in [3.63, 3.8) is 0 Å². The van der Waals surface area contributed by atoms with Crippen LogP contribution in [0.25, 0.3) is 0 Å². The van der Waals surface area contributed by atoms with Gasteiger partial charge < -0.3 is 5.11 Å². The maximum absolute atomic E-state index is 13.4. The summed E-state index contributed by atoms with van der Waals surface area (Å²) in [5.41, 5.74) is 0.631. The molecule has 17 heavy (non-hydrogen) atoms. The molecule has 0 unspecified atom stereocenters. The van der Waals surface area contributed by atoms with Crippen molar-refractivity contribution in [3.05, 3.63) is 30.1 Å². The summed E-state index contributed by atoms with van der Waals surface area (Å²) in [4.78, 5) is 14.9. The fraction of sp³-hybridized carbons (Fsp3) is 0.500. The van der Waals surface area contributed by atoms with E-state index in [4.69, 9.17) is 5.11 Å². The van der Waals surface area contributed by atoms with Crippen molar-refractivity contribution in [2.24, 2.45) is 5.92 Å². The van der Waals surface area contributed by atoms with Crippen LogP contribution in [0, 0.1) is 5.92 Å². The van der Waals surface area contributed by atoms with E-state index in [0.29, 0.717) is 5.56 Å². The molecule has 5 heteroatoms. The summed E-state index contributed by atoms with van der Waals surface area (Å²) in [5.74, 6) is -5.11. The van der Waals surface area contributed by atoms with E-state index in [1.165, 1.54) is 12.4 Å². The van der Waals surface area contributed by atoms with E-state index in [9.17, 15) is 13.6 Å². The van der Waals surface area contributed by atoms with E-state index >= 15 is 0 Å². The van der Waals surface area contributed by atoms with Gasteiger partial charge in [-0.1, -0.05) is 0 Å². The highest BCUT2D eigenvalue weighted by Gasteiger charge is 2.44. The lowest BCUT2D eigenvalue weighted by molar-refractivity contribution is -0.147. The summed E-state index contributed by atoms with van der Waals surface area (Å²) in [6.07, 6.45) is 2.29. The van der Waals surface area contributed by atoms with Crippen LogP contribution in [0.15, 0.2) is 24.5 Å². The van der Waals surface area contributed by atoms with Gasteiger partial charge in [0, 0.05) is 31.2 Å². The van der Waals surface area contributed by atoms with Crippen molar-refractivity contribution in [2.45, 2.75) is 31.1 Å². The minimum Gasteiger partial charge on any atom is -0.481 e. The summed E-state index contributed by atoms with van der Waals surface area (Å²) >= 11 is 0. The van der Waals surface area contributed by atoms with Crippen molar-refractivity contribution in [2.75, 3.05) is 0 Å². The number of carboxylic acids is 1. The molecule has 1 heterocycles. The number of hydrogen-bond donors (Lipinski definition) is 1. The van der Waals surface area contributed by atoms with Crippen molar-refractivity contribution >= 4 is 5.97 Å². The molecule has 0 spiro atoms. The van der Waals surface area contributed by atoms with Gasteiger partial charge in [-0.25, -0.2) is 8.78 Å². The van der Waals surface area contributed by atoms with Gasteiger partial charge in [0.15, 0.2) is 0 Å². The molecule has 0 saturated heterocycles. The molecule has 1 aromatic heterocycles. The van der Waals surface area contributed by atoms with Gasteiger partial charge in [-0.05, 0) is 24.1 Å². The first-order chi connectivity index (χ1) is 7.99. The predicted molar refractivity (Wildman–Crippen MR) is 56.9 cm³/mol. The van der Waals surface area contributed by atoms with Crippen LogP contribution in [0.5, 0.6) is 0 Å². The molecule has 0 amide bonds. The molecule has 0 bridgehead atoms. The van der Waals surface area contributed by atoms with Gasteiger partial charge in [-0.3, -0.25) is 9.78 Å². The predicted octanol–water partition coefficient (Wildman–Crippen LogP) is 2.69. The Labute approximate surface area is 97.5 Å². The number of nitrogens with zero attached hydrogens (tertiary/aromatic N) is 1. The maximum atomic E-state index is 13.4. The van der Waals surface area contributed by atoms with E-state index in [1.807, 2.05) is 0 Å². The van der Waals surface area contributed by atoms with Crippen molar-refractivity contribution < 1.29 is 18.7 Å². The molecule has 2 atom stereocenters. The summed E-state index contributed by atoms with van der Waals surface area (Å²) in [6, 6.07) is 3.23. The lowest BCUT2D eigenvalue weighted by Crippen LogP contribution is -2.35. The zero-order chi connectivity index (χ0) is 12.5. The van der Waals surface area contributed by atoms with Crippen molar-refractivity contribution in [3.8, 4) is 0 Å². The normalized spacial score (nSPS) is 27.6. The lowest BCUT2D eigenvalue weighted by Gasteiger charge is -2.33. The summed E-state index contributed by atoms with van der Waals surface area (Å²) < 4.78 is 26.7. The van der Waals surface area contributed by atoms with E-state index < -0.39 is 30.1 Å². The van der Waals surface area contributed by atoms with Gasteiger partial charge in [-0.2, -0.15) is 0 Å². The smallest absolute Gasteiger partial charge is 0.307 e. The summed E-state index contributed by atoms with van der Waals surface area (Å²) in [5, 5.41) is 9.08. The van der Waals surface area contributed by atoms with E-state index in [2.05, 4.69) is 4.98 Å². The molecule has 92 valence electrons. The Bertz CT molecular complexity index is 408. The second kappa shape index (κ2) is 4.39. The van der Waals surface area contributed by atoms with Gasteiger partial charge >= 0.3 is 5.97 Å². The molecule has 1 saturated carbocycles. The maximum Gasteiger partial charge on any atom is 0.307 e. The second-order valence-electron chi connectivity index (χ2n) is 4.43. The van der Waals surface area contributed by atoms with Crippen LogP contribution in [-0.2, 0) is 4.79 Å². The first kappa shape index (κ1) is 12.0. The third-order valence-corrected chi connectivity index (χ3v) is 3.28. The Morgan fingerprint density at radius 3 is 2.65 bits per heavy atom. The van der Waals surface area contributed by atoms with Crippen LogP contribution in [0.1, 0.15) is 30.7 Å². The highest BCUT2D eigenvalue weighted by molar-refractivity contribution is 5.71. The Morgan fingerprint density at radius 2 is 2.06 bits per heavy atom. The van der Waals surface area contributed by atoms with E-state index in [-0.39, 0.29) is 12.8 Å². The first-order valence-electron chi connectivity index (χ1n) is 5.50. The minimum atomic E-state index is -2.76. The summed E-state index contributed by atoms with van der Waals surface area (Å²) in [7, 11) is 0. The van der Waals surface area contributed by atoms with Crippen molar-refractivity contribution in [1.29, 1.82) is 0 Å². The molecule has 0 aromatic carbocycles. The van der Waals surface area contributed by atoms with Crippen LogP contribution in [0.3, 0.4) is 0 Å². The molecular weight excluding hydrogens is 228 g/mol. The average molecular weight is 241 g/mol. The van der Waals surface area contributed by atoms with Gasteiger partial charge in [0.05, 0.1) is 5.92 Å². The molecule has 2 rings (SSSR count). The highest BCUT2D eigenvalue weighted by atomic mass is 19.3. The van der Waals surface area contributed by atoms with E-state index in [0.717, 1.165) is 0 Å². The van der Waals surface area contributed by atoms with Crippen LogP contribution < -0.4 is 0 Å². The van der Waals surface area contributed by atoms with E-state index in [1.54, 1.807) is 12.1 Å². The SMILES string of the molecule is O=C(O)[C@H]1CCC(F)(F)C[C@@H]1c1ccncc1. The molecule has 1 fully saturated rings. The molecular formula is C12H13F2NO2. The van der Waals surface area contributed by atoms with Gasteiger partial charge in [0.2, 0.25) is 5.92 Å². The van der Waals surface area contributed by atoms with Crippen molar-refractivity contribution in [1.82, 2.24) is 4.98 Å². The topological polar surface area (TPSA) is 50.2 Å². The number of carboxylic acid groups (broad SMARTS) is 1. The van der Waals surface area contributed by atoms with Crippen LogP contribution >= 0.6 is 0 Å². The zero-order valence-electron chi connectivity index (χ0n) is 9.14. The Balaban J connectivity index is 2.29. The lowest BCUT2D eigenvalue weighted by atomic mass is 9.74. The fourth-order valence-corrected chi connectivity index (χ4v) is 2.39. The molecule has 1 aliphatic rings. The van der Waals surface area contributed by atoms with Crippen LogP contribution in [-0.4, -0.2) is 22.0 Å². The number of aromatic nitrogens is 1. The number of hydrogen-bond acceptors (Lipinski definition) is 2. The zero-order valence-corrected chi connectivity index (χ0v) is 9.14. The summed E-state index contributed by atoms with van der Waals surface area (Å²) in [6.45, 7) is 0. The van der Waals surface area contributed by atoms with Gasteiger partial charge in [-0.15, -0.1) is 0 Å². The molecule has 3 nitrogen and oxygen atoms in total. The Hall–Kier alpha value is -1.52. The number of rotatable bonds is 2. The number of halogens is 2. The number of alkyl halides is 2. The monoisotopic (exact) mass is 241 g/mol. The third kappa shape index (κ3) is 2.60. The molecule has 0 aliphatic heterocycles. The number of carbonyl (C=O) groups is 1. The largest absolute Gasteiger partial charge is 0.481 e. The second-order valence-corrected chi connectivity index (χ2v) is 4.43. The van der Waals surface area contributed by atoms with Gasteiger partial charge in [0.1, 0.15) is 0 Å². The highest BCUT2D eigenvalue weighted by Crippen LogP contribution is 2.45. The number of pyridine rings is 1. The minimum absolute atomic E-state index is 0.0231. The first-order valence-corrected chi connectivity index (χ1v) is 5.50. The fourth-order valence-electron chi connectivity index (χ4n) is 2.39. The van der Waals surface area contributed by atoms with Crippen LogP contribution in [0.4, 0.5) is 8.78 Å². The number of aliphatic carboxylic acids is 1.